The van der Waals surface area contributed by atoms with Crippen molar-refractivity contribution in [3.63, 3.8) is 0 Å². The second kappa shape index (κ2) is 3.27. The molecule has 1 saturated carbocycles. The lowest BCUT2D eigenvalue weighted by atomic mass is 9.87. The topological polar surface area (TPSA) is 73.5 Å². The molecular weight excluding hydrogens is 144 g/mol. The third-order valence-electron chi connectivity index (χ3n) is 1.88. The van der Waals surface area contributed by atoms with Gasteiger partial charge in [0.2, 0.25) is 0 Å². The molecule has 0 saturated heterocycles. The zero-order valence-corrected chi connectivity index (χ0v) is 6.08. The van der Waals surface area contributed by atoms with E-state index < -0.39 is 0 Å². The van der Waals surface area contributed by atoms with E-state index in [1.165, 1.54) is 0 Å². The molecule has 0 amide bonds. The summed E-state index contributed by atoms with van der Waals surface area (Å²) in [5.74, 6) is -0.0481. The van der Waals surface area contributed by atoms with Crippen LogP contribution in [0.25, 0.3) is 0 Å². The molecule has 0 radical (unpaired) electrons. The van der Waals surface area contributed by atoms with Gasteiger partial charge in [-0.25, -0.2) is 0 Å². The minimum Gasteiger partial charge on any atom is -0.411 e. The van der Waals surface area contributed by atoms with Crippen LogP contribution in [-0.4, -0.2) is 22.9 Å². The highest BCUT2D eigenvalue weighted by Gasteiger charge is 2.21. The van der Waals surface area contributed by atoms with Crippen molar-refractivity contribution in [3.8, 4) is 0 Å². The number of nitrogens with one attached hydrogen (secondary N) is 1. The standard InChI is InChI=1S/C7H10N2O2/c8-6-3-5(4-10)1-2-7(6)9-11/h4-5,8,11H,1-3H2. The predicted octanol–water partition coefficient (Wildman–Crippen LogP) is 0.835. The van der Waals surface area contributed by atoms with Crippen LogP contribution in [-0.2, 0) is 4.79 Å². The smallest absolute Gasteiger partial charge is 0.123 e. The van der Waals surface area contributed by atoms with Gasteiger partial charge in [-0.1, -0.05) is 5.16 Å². The molecule has 1 aliphatic rings. The molecular formula is C7H10N2O2. The Morgan fingerprint density at radius 2 is 2.45 bits per heavy atom. The average molecular weight is 154 g/mol. The zero-order valence-electron chi connectivity index (χ0n) is 6.08. The summed E-state index contributed by atoms with van der Waals surface area (Å²) in [5.41, 5.74) is 0.707. The van der Waals surface area contributed by atoms with E-state index in [4.69, 9.17) is 10.6 Å². The number of carbonyl (C=O) groups is 1. The van der Waals surface area contributed by atoms with Crippen molar-refractivity contribution >= 4 is 17.7 Å². The van der Waals surface area contributed by atoms with Crippen LogP contribution in [0.2, 0.25) is 0 Å². The molecule has 2 N–H and O–H groups in total. The fraction of sp³-hybridized carbons (Fsp3) is 0.571. The van der Waals surface area contributed by atoms with Crippen LogP contribution in [0.1, 0.15) is 19.3 Å². The molecule has 1 fully saturated rings. The number of rotatable bonds is 1. The fourth-order valence-electron chi connectivity index (χ4n) is 1.18. The van der Waals surface area contributed by atoms with E-state index in [0.717, 1.165) is 6.29 Å². The van der Waals surface area contributed by atoms with Crippen molar-refractivity contribution in [2.45, 2.75) is 19.3 Å². The molecule has 60 valence electrons. The van der Waals surface area contributed by atoms with Gasteiger partial charge in [0.1, 0.15) is 12.0 Å². The van der Waals surface area contributed by atoms with Gasteiger partial charge in [0.15, 0.2) is 0 Å². The van der Waals surface area contributed by atoms with Crippen molar-refractivity contribution < 1.29 is 10.0 Å². The van der Waals surface area contributed by atoms with E-state index in [1.807, 2.05) is 0 Å². The minimum atomic E-state index is -0.0481. The van der Waals surface area contributed by atoms with Crippen molar-refractivity contribution in [3.05, 3.63) is 0 Å². The van der Waals surface area contributed by atoms with E-state index >= 15 is 0 Å². The summed E-state index contributed by atoms with van der Waals surface area (Å²) in [6, 6.07) is 0. The Morgan fingerprint density at radius 3 is 2.91 bits per heavy atom. The zero-order chi connectivity index (χ0) is 8.27. The fourth-order valence-corrected chi connectivity index (χ4v) is 1.18. The largest absolute Gasteiger partial charge is 0.411 e. The molecule has 0 aromatic rings. The molecule has 0 heterocycles. The molecule has 1 unspecified atom stereocenters. The lowest BCUT2D eigenvalue weighted by molar-refractivity contribution is -0.111. The third-order valence-corrected chi connectivity index (χ3v) is 1.88. The lowest BCUT2D eigenvalue weighted by Gasteiger charge is -2.17. The summed E-state index contributed by atoms with van der Waals surface area (Å²) in [7, 11) is 0. The molecule has 0 bridgehead atoms. The number of hydrogen-bond donors (Lipinski definition) is 2. The Hall–Kier alpha value is -1.19. The number of oxime groups is 1. The van der Waals surface area contributed by atoms with E-state index in [1.54, 1.807) is 0 Å². The SMILES string of the molecule is N=C1CC(C=O)CCC1=NO. The average Bonchev–Trinajstić information content (AvgIpc) is 2.04. The Morgan fingerprint density at radius 1 is 1.73 bits per heavy atom. The monoisotopic (exact) mass is 154 g/mol. The Labute approximate surface area is 64.4 Å². The molecule has 0 aliphatic heterocycles. The molecule has 0 aromatic heterocycles. The summed E-state index contributed by atoms with van der Waals surface area (Å²) >= 11 is 0. The van der Waals surface area contributed by atoms with Crippen LogP contribution in [0, 0.1) is 11.3 Å². The van der Waals surface area contributed by atoms with Crippen LogP contribution in [0.4, 0.5) is 0 Å². The van der Waals surface area contributed by atoms with Crippen LogP contribution in [0.5, 0.6) is 0 Å². The van der Waals surface area contributed by atoms with Crippen molar-refractivity contribution in [2.75, 3.05) is 0 Å². The van der Waals surface area contributed by atoms with Crippen molar-refractivity contribution in [1.29, 1.82) is 5.41 Å². The predicted molar refractivity (Wildman–Crippen MR) is 40.4 cm³/mol. The molecule has 1 rings (SSSR count). The summed E-state index contributed by atoms with van der Waals surface area (Å²) in [6.07, 6.45) is 2.52. The summed E-state index contributed by atoms with van der Waals surface area (Å²) in [6.45, 7) is 0. The van der Waals surface area contributed by atoms with Gasteiger partial charge in [-0.3, -0.25) is 0 Å². The molecule has 1 atom stereocenters. The van der Waals surface area contributed by atoms with Crippen molar-refractivity contribution in [1.82, 2.24) is 0 Å². The number of carbonyl (C=O) groups excluding carboxylic acids is 1. The molecule has 4 nitrogen and oxygen atoms in total. The van der Waals surface area contributed by atoms with Gasteiger partial charge >= 0.3 is 0 Å². The number of nitrogens with zero attached hydrogens (tertiary/aromatic N) is 1. The second-order valence-electron chi connectivity index (χ2n) is 2.66. The molecule has 1 aliphatic carbocycles. The maximum atomic E-state index is 10.3. The highest BCUT2D eigenvalue weighted by Crippen LogP contribution is 2.17. The minimum absolute atomic E-state index is 0.0481. The Balaban J connectivity index is 2.61. The summed E-state index contributed by atoms with van der Waals surface area (Å²) < 4.78 is 0. The molecule has 4 heteroatoms. The van der Waals surface area contributed by atoms with Crippen LogP contribution in [0.3, 0.4) is 0 Å². The van der Waals surface area contributed by atoms with E-state index in [0.29, 0.717) is 25.0 Å². The first kappa shape index (κ1) is 7.91. The summed E-state index contributed by atoms with van der Waals surface area (Å²) in [4.78, 5) is 10.3. The van der Waals surface area contributed by atoms with E-state index in [-0.39, 0.29) is 11.6 Å². The first-order valence-corrected chi connectivity index (χ1v) is 3.52. The van der Waals surface area contributed by atoms with Gasteiger partial charge in [0.25, 0.3) is 0 Å². The lowest BCUT2D eigenvalue weighted by Crippen LogP contribution is -2.25. The van der Waals surface area contributed by atoms with E-state index in [2.05, 4.69) is 5.16 Å². The number of hydrogen-bond acceptors (Lipinski definition) is 4. The number of aldehydes is 1. The van der Waals surface area contributed by atoms with Gasteiger partial charge in [-0.15, -0.1) is 0 Å². The van der Waals surface area contributed by atoms with Crippen molar-refractivity contribution in [2.24, 2.45) is 11.1 Å². The van der Waals surface area contributed by atoms with Gasteiger partial charge in [-0.05, 0) is 12.8 Å². The first-order chi connectivity index (χ1) is 5.27. The van der Waals surface area contributed by atoms with Gasteiger partial charge in [0.05, 0.1) is 5.71 Å². The Kier molecular flexibility index (Phi) is 2.36. The maximum Gasteiger partial charge on any atom is 0.123 e. The highest BCUT2D eigenvalue weighted by atomic mass is 16.4. The van der Waals surface area contributed by atoms with Gasteiger partial charge in [-0.2, -0.15) is 0 Å². The third kappa shape index (κ3) is 1.63. The quantitative estimate of drug-likeness (QED) is 0.333. The molecule has 11 heavy (non-hydrogen) atoms. The van der Waals surface area contributed by atoms with Gasteiger partial charge in [0, 0.05) is 12.3 Å². The maximum absolute atomic E-state index is 10.3. The van der Waals surface area contributed by atoms with Crippen LogP contribution in [0.15, 0.2) is 5.16 Å². The molecule has 0 spiro atoms. The van der Waals surface area contributed by atoms with E-state index in [9.17, 15) is 4.79 Å². The highest BCUT2D eigenvalue weighted by molar-refractivity contribution is 6.41. The first-order valence-electron chi connectivity index (χ1n) is 3.52. The Bertz CT molecular complexity index is 210. The summed E-state index contributed by atoms with van der Waals surface area (Å²) in [5, 5.41) is 18.7. The van der Waals surface area contributed by atoms with Crippen LogP contribution >= 0.6 is 0 Å². The van der Waals surface area contributed by atoms with Gasteiger partial charge < -0.3 is 15.4 Å². The second-order valence-corrected chi connectivity index (χ2v) is 2.66. The normalized spacial score (nSPS) is 28.9. The van der Waals surface area contributed by atoms with Crippen LogP contribution < -0.4 is 0 Å². The molecule has 0 aromatic carbocycles.